The molecule has 0 atom stereocenters. The van der Waals surface area contributed by atoms with E-state index in [9.17, 15) is 19.2 Å². The fourth-order valence-corrected chi connectivity index (χ4v) is 3.14. The van der Waals surface area contributed by atoms with Crippen molar-refractivity contribution in [2.45, 2.75) is 0 Å². The molecule has 26 heavy (non-hydrogen) atoms. The summed E-state index contributed by atoms with van der Waals surface area (Å²) < 4.78 is 4.61. The Morgan fingerprint density at radius 2 is 1.38 bits per heavy atom. The van der Waals surface area contributed by atoms with Crippen molar-refractivity contribution < 1.29 is 23.9 Å². The van der Waals surface area contributed by atoms with Gasteiger partial charge in [0.05, 0.1) is 18.5 Å². The number of hydrogen-bond acceptors (Lipinski definition) is 5. The molecule has 0 unspecified atom stereocenters. The third-order valence-corrected chi connectivity index (χ3v) is 4.26. The zero-order valence-electron chi connectivity index (χ0n) is 13.6. The third kappa shape index (κ3) is 2.00. The summed E-state index contributed by atoms with van der Waals surface area (Å²) >= 11 is 0. The second-order valence-corrected chi connectivity index (χ2v) is 5.65. The van der Waals surface area contributed by atoms with Crippen LogP contribution in [0.2, 0.25) is 0 Å². The van der Waals surface area contributed by atoms with Gasteiger partial charge in [-0.3, -0.25) is 24.2 Å². The number of nitrogens with zero attached hydrogens (tertiary/aromatic N) is 2. The van der Waals surface area contributed by atoms with E-state index >= 15 is 0 Å². The molecule has 0 aliphatic carbocycles. The molecule has 128 valence electrons. The van der Waals surface area contributed by atoms with Gasteiger partial charge in [-0.25, -0.2) is 4.79 Å². The number of ether oxygens (including phenoxy) is 1. The molecule has 2 amide bonds. The van der Waals surface area contributed by atoms with Gasteiger partial charge >= 0.3 is 11.9 Å². The van der Waals surface area contributed by atoms with Crippen LogP contribution in [0.5, 0.6) is 0 Å². The number of amides is 2. The highest BCUT2D eigenvalue weighted by Gasteiger charge is 2.51. The molecule has 2 aliphatic heterocycles. The first-order chi connectivity index (χ1) is 12.6. The number of para-hydroxylation sites is 3. The van der Waals surface area contributed by atoms with Crippen molar-refractivity contribution >= 4 is 40.6 Å². The van der Waals surface area contributed by atoms with Gasteiger partial charge in [0.25, 0.3) is 11.7 Å². The van der Waals surface area contributed by atoms with Crippen molar-refractivity contribution in [3.63, 3.8) is 0 Å². The summed E-state index contributed by atoms with van der Waals surface area (Å²) in [6.45, 7) is 0. The van der Waals surface area contributed by atoms with Crippen molar-refractivity contribution in [1.29, 1.82) is 0 Å². The van der Waals surface area contributed by atoms with Gasteiger partial charge in [-0.2, -0.15) is 0 Å². The van der Waals surface area contributed by atoms with Crippen LogP contribution >= 0.6 is 0 Å². The summed E-state index contributed by atoms with van der Waals surface area (Å²) in [4.78, 5) is 52.5. The van der Waals surface area contributed by atoms with E-state index in [-0.39, 0.29) is 5.70 Å². The summed E-state index contributed by atoms with van der Waals surface area (Å²) in [6.07, 6.45) is 0. The van der Waals surface area contributed by atoms with E-state index in [1.807, 2.05) is 0 Å². The Morgan fingerprint density at radius 1 is 0.808 bits per heavy atom. The van der Waals surface area contributed by atoms with Crippen molar-refractivity contribution in [2.24, 2.45) is 0 Å². The highest BCUT2D eigenvalue weighted by molar-refractivity contribution is 6.59. The van der Waals surface area contributed by atoms with Crippen LogP contribution in [0, 0.1) is 0 Å². The largest absolute Gasteiger partial charge is 0.465 e. The fraction of sp³-hybridized carbons (Fsp3) is 0.0526. The Hall–Kier alpha value is -3.74. The first-order valence-electron chi connectivity index (χ1n) is 7.76. The molecule has 2 aromatic rings. The molecule has 0 bridgehead atoms. The maximum atomic E-state index is 13.2. The molecule has 0 N–H and O–H groups in total. The zero-order chi connectivity index (χ0) is 18.4. The molecule has 0 saturated carbocycles. The third-order valence-electron chi connectivity index (χ3n) is 4.26. The van der Waals surface area contributed by atoms with Gasteiger partial charge in [0.15, 0.2) is 0 Å². The van der Waals surface area contributed by atoms with Gasteiger partial charge in [-0.15, -0.1) is 0 Å². The minimum Gasteiger partial charge on any atom is -0.465 e. The zero-order valence-corrected chi connectivity index (χ0v) is 13.6. The fourth-order valence-electron chi connectivity index (χ4n) is 3.14. The number of rotatable bonds is 2. The maximum absolute atomic E-state index is 13.2. The average molecular weight is 348 g/mol. The van der Waals surface area contributed by atoms with Crippen LogP contribution in [0.15, 0.2) is 65.9 Å². The van der Waals surface area contributed by atoms with Gasteiger partial charge < -0.3 is 4.74 Å². The van der Waals surface area contributed by atoms with Crippen molar-refractivity contribution in [3.05, 3.63) is 65.9 Å². The topological polar surface area (TPSA) is 84.0 Å². The first-order valence-corrected chi connectivity index (χ1v) is 7.76. The molecular weight excluding hydrogens is 336 g/mol. The number of benzene rings is 2. The smallest absolute Gasteiger partial charge is 0.344 e. The lowest BCUT2D eigenvalue weighted by Crippen LogP contribution is -2.42. The number of anilines is 3. The van der Waals surface area contributed by atoms with Crippen LogP contribution < -0.4 is 9.80 Å². The molecule has 0 radical (unpaired) electrons. The lowest BCUT2D eigenvalue weighted by Gasteiger charge is -2.35. The van der Waals surface area contributed by atoms with Crippen LogP contribution in [0.4, 0.5) is 17.1 Å². The maximum Gasteiger partial charge on any atom is 0.344 e. The first kappa shape index (κ1) is 15.8. The second-order valence-electron chi connectivity index (χ2n) is 5.65. The van der Waals surface area contributed by atoms with E-state index in [0.29, 0.717) is 17.1 Å². The molecule has 0 spiro atoms. The van der Waals surface area contributed by atoms with E-state index < -0.39 is 29.1 Å². The number of hydrogen-bond donors (Lipinski definition) is 0. The molecule has 0 fully saturated rings. The molecule has 4 rings (SSSR count). The Kier molecular flexibility index (Phi) is 3.43. The normalized spacial score (nSPS) is 16.0. The number of Topliss-reactive ketones (excluding diaryl/α,β-unsaturated/α-hetero) is 1. The van der Waals surface area contributed by atoms with Gasteiger partial charge in [0, 0.05) is 5.69 Å². The molecule has 2 aliphatic rings. The van der Waals surface area contributed by atoms with E-state index in [0.717, 1.165) is 12.0 Å². The van der Waals surface area contributed by atoms with E-state index in [2.05, 4.69) is 4.74 Å². The molecule has 2 heterocycles. The Labute approximate surface area is 148 Å². The molecular formula is C19H12N2O5. The molecule has 0 saturated heterocycles. The highest BCUT2D eigenvalue weighted by atomic mass is 16.5. The number of carbonyl (C=O) groups is 4. The van der Waals surface area contributed by atoms with E-state index in [1.165, 1.54) is 4.90 Å². The number of fused-ring (bicyclic) bond motifs is 3. The van der Waals surface area contributed by atoms with Crippen molar-refractivity contribution in [2.75, 3.05) is 16.9 Å². The predicted molar refractivity (Wildman–Crippen MR) is 91.6 cm³/mol. The van der Waals surface area contributed by atoms with Gasteiger partial charge in [-0.05, 0) is 24.3 Å². The molecule has 2 aromatic carbocycles. The van der Waals surface area contributed by atoms with Crippen LogP contribution in [0.25, 0.3) is 0 Å². The number of carbonyl (C=O) groups excluding carboxylic acids is 4. The lowest BCUT2D eigenvalue weighted by atomic mass is 10.1. The standard InChI is InChI=1S/C19H12N2O5/c1-26-19(25)14-15-17(23)20(11-7-3-2-4-8-11)12-9-5-6-10-13(12)21(15)18(24)16(14)22/h2-10H,1H3. The summed E-state index contributed by atoms with van der Waals surface area (Å²) in [5.41, 5.74) is 0.517. The molecule has 7 nitrogen and oxygen atoms in total. The summed E-state index contributed by atoms with van der Waals surface area (Å²) in [5, 5.41) is 0. The van der Waals surface area contributed by atoms with Crippen molar-refractivity contribution in [3.8, 4) is 0 Å². The van der Waals surface area contributed by atoms with Gasteiger partial charge in [0.1, 0.15) is 11.3 Å². The van der Waals surface area contributed by atoms with Crippen LogP contribution in [-0.4, -0.2) is 30.7 Å². The Morgan fingerprint density at radius 3 is 2.00 bits per heavy atom. The summed E-state index contributed by atoms with van der Waals surface area (Å²) in [6, 6.07) is 15.5. The second kappa shape index (κ2) is 5.66. The number of esters is 1. The summed E-state index contributed by atoms with van der Waals surface area (Å²) in [5.74, 6) is -3.66. The van der Waals surface area contributed by atoms with E-state index in [4.69, 9.17) is 0 Å². The quantitative estimate of drug-likeness (QED) is 0.469. The van der Waals surface area contributed by atoms with Gasteiger partial charge in [-0.1, -0.05) is 30.3 Å². The van der Waals surface area contributed by atoms with Crippen LogP contribution in [0.1, 0.15) is 0 Å². The molecule has 0 aromatic heterocycles. The highest BCUT2D eigenvalue weighted by Crippen LogP contribution is 2.44. The van der Waals surface area contributed by atoms with Crippen LogP contribution in [0.3, 0.4) is 0 Å². The SMILES string of the molecule is COC(=O)C1=C2C(=O)N(c3ccccc3)c3ccccc3N2C(=O)C1=O. The van der Waals surface area contributed by atoms with Gasteiger partial charge in [0.2, 0.25) is 0 Å². The minimum absolute atomic E-state index is 0.283. The predicted octanol–water partition coefficient (Wildman–Crippen LogP) is 1.71. The van der Waals surface area contributed by atoms with E-state index in [1.54, 1.807) is 54.6 Å². The van der Waals surface area contributed by atoms with Crippen LogP contribution in [-0.2, 0) is 23.9 Å². The molecule has 7 heteroatoms. The monoisotopic (exact) mass is 348 g/mol. The average Bonchev–Trinajstić information content (AvgIpc) is 2.94. The lowest BCUT2D eigenvalue weighted by molar-refractivity contribution is -0.140. The number of ketones is 1. The Bertz CT molecular complexity index is 1010. The van der Waals surface area contributed by atoms with Crippen molar-refractivity contribution in [1.82, 2.24) is 0 Å². The minimum atomic E-state index is -1.05. The number of methoxy groups -OCH3 is 1. The Balaban J connectivity index is 2.03. The summed E-state index contributed by atoms with van der Waals surface area (Å²) in [7, 11) is 1.09.